The van der Waals surface area contributed by atoms with Gasteiger partial charge >= 0.3 is 0 Å². The summed E-state index contributed by atoms with van der Waals surface area (Å²) in [4.78, 5) is 11.3. The first kappa shape index (κ1) is 15.5. The second-order valence-electron chi connectivity index (χ2n) is 5.85. The van der Waals surface area contributed by atoms with Crippen molar-refractivity contribution in [2.24, 2.45) is 0 Å². The van der Waals surface area contributed by atoms with Gasteiger partial charge in [0.1, 0.15) is 16.8 Å². The lowest BCUT2D eigenvalue weighted by atomic mass is 9.89. The third-order valence-corrected chi connectivity index (χ3v) is 3.96. The number of rotatable bonds is 6. The molecule has 2 rings (SSSR count). The molecule has 1 aliphatic carbocycles. The van der Waals surface area contributed by atoms with Crippen LogP contribution in [0.25, 0.3) is 0 Å². The monoisotopic (exact) mass is 296 g/mol. The van der Waals surface area contributed by atoms with Crippen LogP contribution in [0.4, 0.5) is 5.82 Å². The third-order valence-electron chi connectivity index (χ3n) is 3.77. The number of hydrogen-bond donors (Lipinski definition) is 1. The Morgan fingerprint density at radius 3 is 2.70 bits per heavy atom. The molecule has 1 aromatic heterocycles. The maximum absolute atomic E-state index is 6.13. The van der Waals surface area contributed by atoms with Crippen molar-refractivity contribution < 1.29 is 0 Å². The fraction of sp³-hybridized carbons (Fsp3) is 0.733. The van der Waals surface area contributed by atoms with Crippen LogP contribution < -0.4 is 5.32 Å². The van der Waals surface area contributed by atoms with E-state index in [4.69, 9.17) is 11.6 Å². The van der Waals surface area contributed by atoms with Crippen molar-refractivity contribution in [2.45, 2.75) is 44.4 Å². The van der Waals surface area contributed by atoms with E-state index in [0.29, 0.717) is 11.1 Å². The summed E-state index contributed by atoms with van der Waals surface area (Å²) in [5, 5.41) is 3.91. The molecule has 0 aliphatic heterocycles. The zero-order valence-corrected chi connectivity index (χ0v) is 13.3. The second-order valence-corrected chi connectivity index (χ2v) is 6.24. The summed E-state index contributed by atoms with van der Waals surface area (Å²) in [6.45, 7) is 1.98. The van der Waals surface area contributed by atoms with Crippen LogP contribution in [0.1, 0.15) is 50.3 Å². The quantitative estimate of drug-likeness (QED) is 0.644. The van der Waals surface area contributed by atoms with Crippen LogP contribution in [0, 0.1) is 0 Å². The smallest absolute Gasteiger partial charge is 0.135 e. The largest absolute Gasteiger partial charge is 0.370 e. The van der Waals surface area contributed by atoms with Gasteiger partial charge in [-0.2, -0.15) is 0 Å². The van der Waals surface area contributed by atoms with Gasteiger partial charge < -0.3 is 10.2 Å². The summed E-state index contributed by atoms with van der Waals surface area (Å²) in [6.07, 6.45) is 7.39. The van der Waals surface area contributed by atoms with Crippen molar-refractivity contribution in [1.82, 2.24) is 14.9 Å². The molecule has 0 radical (unpaired) electrons. The van der Waals surface area contributed by atoms with Crippen molar-refractivity contribution in [3.8, 4) is 0 Å². The molecule has 0 atom stereocenters. The van der Waals surface area contributed by atoms with Gasteiger partial charge in [-0.15, -0.1) is 0 Å². The molecule has 0 saturated heterocycles. The van der Waals surface area contributed by atoms with Crippen LogP contribution in [0.2, 0.25) is 5.15 Å². The molecule has 1 heterocycles. The van der Waals surface area contributed by atoms with E-state index in [1.165, 1.54) is 32.1 Å². The van der Waals surface area contributed by atoms with Gasteiger partial charge in [0, 0.05) is 18.5 Å². The van der Waals surface area contributed by atoms with E-state index in [2.05, 4.69) is 34.3 Å². The highest BCUT2D eigenvalue weighted by Crippen LogP contribution is 2.31. The van der Waals surface area contributed by atoms with Crippen LogP contribution in [-0.4, -0.2) is 42.1 Å². The standard InChI is InChI=1S/C15H25ClN4/c1-20(2)10-6-9-17-14-11-13(16)18-15(19-14)12-7-4-3-5-8-12/h11-12H,3-10H2,1-2H3,(H,17,18,19). The molecular weight excluding hydrogens is 272 g/mol. The molecule has 1 aromatic rings. The van der Waals surface area contributed by atoms with E-state index in [0.717, 1.165) is 31.2 Å². The van der Waals surface area contributed by atoms with Crippen molar-refractivity contribution in [2.75, 3.05) is 32.5 Å². The zero-order chi connectivity index (χ0) is 14.4. The molecule has 1 fully saturated rings. The first-order chi connectivity index (χ1) is 9.65. The molecule has 0 unspecified atom stereocenters. The maximum Gasteiger partial charge on any atom is 0.135 e. The normalized spacial score (nSPS) is 16.6. The Hall–Kier alpha value is -0.870. The van der Waals surface area contributed by atoms with Crippen molar-refractivity contribution in [3.63, 3.8) is 0 Å². The van der Waals surface area contributed by atoms with Gasteiger partial charge in [-0.3, -0.25) is 0 Å². The number of halogens is 1. The molecule has 1 aliphatic rings. The van der Waals surface area contributed by atoms with E-state index in [1.807, 2.05) is 6.07 Å². The van der Waals surface area contributed by atoms with Crippen molar-refractivity contribution >= 4 is 17.4 Å². The van der Waals surface area contributed by atoms with Gasteiger partial charge in [0.15, 0.2) is 0 Å². The summed E-state index contributed by atoms with van der Waals surface area (Å²) in [6, 6.07) is 1.82. The summed E-state index contributed by atoms with van der Waals surface area (Å²) in [7, 11) is 4.17. The van der Waals surface area contributed by atoms with Gasteiger partial charge in [-0.05, 0) is 39.9 Å². The van der Waals surface area contributed by atoms with Crippen LogP contribution in [-0.2, 0) is 0 Å². The molecule has 112 valence electrons. The molecule has 5 heteroatoms. The van der Waals surface area contributed by atoms with Crippen LogP contribution in [0.5, 0.6) is 0 Å². The van der Waals surface area contributed by atoms with Crippen LogP contribution in [0.15, 0.2) is 6.07 Å². The zero-order valence-electron chi connectivity index (χ0n) is 12.5. The van der Waals surface area contributed by atoms with Crippen LogP contribution >= 0.6 is 11.6 Å². The third kappa shape index (κ3) is 4.91. The Morgan fingerprint density at radius 2 is 2.00 bits per heavy atom. The van der Waals surface area contributed by atoms with E-state index in [1.54, 1.807) is 0 Å². The fourth-order valence-electron chi connectivity index (χ4n) is 2.68. The Bertz CT molecular complexity index is 416. The number of nitrogens with zero attached hydrogens (tertiary/aromatic N) is 3. The molecule has 0 spiro atoms. The lowest BCUT2D eigenvalue weighted by Crippen LogP contribution is -2.17. The molecule has 4 nitrogen and oxygen atoms in total. The number of aromatic nitrogens is 2. The average Bonchev–Trinajstić information content (AvgIpc) is 2.44. The summed E-state index contributed by atoms with van der Waals surface area (Å²) >= 11 is 6.13. The van der Waals surface area contributed by atoms with E-state index >= 15 is 0 Å². The van der Waals surface area contributed by atoms with Gasteiger partial charge in [-0.1, -0.05) is 30.9 Å². The Balaban J connectivity index is 1.93. The number of anilines is 1. The molecule has 1 saturated carbocycles. The Kier molecular flexibility index (Phi) is 6.05. The number of hydrogen-bond acceptors (Lipinski definition) is 4. The number of nitrogens with one attached hydrogen (secondary N) is 1. The highest BCUT2D eigenvalue weighted by Gasteiger charge is 2.19. The van der Waals surface area contributed by atoms with Crippen molar-refractivity contribution in [3.05, 3.63) is 17.0 Å². The second kappa shape index (κ2) is 7.79. The lowest BCUT2D eigenvalue weighted by Gasteiger charge is -2.20. The van der Waals surface area contributed by atoms with Gasteiger partial charge in [-0.25, -0.2) is 9.97 Å². The molecule has 1 N–H and O–H groups in total. The average molecular weight is 297 g/mol. The predicted molar refractivity (Wildman–Crippen MR) is 84.5 cm³/mol. The van der Waals surface area contributed by atoms with Crippen LogP contribution in [0.3, 0.4) is 0 Å². The summed E-state index contributed by atoms with van der Waals surface area (Å²) < 4.78 is 0. The van der Waals surface area contributed by atoms with E-state index < -0.39 is 0 Å². The summed E-state index contributed by atoms with van der Waals surface area (Å²) in [5.41, 5.74) is 0. The summed E-state index contributed by atoms with van der Waals surface area (Å²) in [5.74, 6) is 2.28. The highest BCUT2D eigenvalue weighted by atomic mass is 35.5. The van der Waals surface area contributed by atoms with E-state index in [9.17, 15) is 0 Å². The minimum atomic E-state index is 0.491. The fourth-order valence-corrected chi connectivity index (χ4v) is 2.87. The first-order valence-electron chi connectivity index (χ1n) is 7.58. The predicted octanol–water partition coefficient (Wildman–Crippen LogP) is 3.54. The molecule has 0 aromatic carbocycles. The molecule has 0 bridgehead atoms. The SMILES string of the molecule is CN(C)CCCNc1cc(Cl)nc(C2CCCCC2)n1. The minimum Gasteiger partial charge on any atom is -0.370 e. The Labute approximate surface area is 126 Å². The van der Waals surface area contributed by atoms with Gasteiger partial charge in [0.05, 0.1) is 0 Å². The van der Waals surface area contributed by atoms with Gasteiger partial charge in [0.2, 0.25) is 0 Å². The Morgan fingerprint density at radius 1 is 1.25 bits per heavy atom. The first-order valence-corrected chi connectivity index (χ1v) is 7.96. The molecule has 0 amide bonds. The maximum atomic E-state index is 6.13. The topological polar surface area (TPSA) is 41.0 Å². The lowest BCUT2D eigenvalue weighted by molar-refractivity contribution is 0.405. The van der Waals surface area contributed by atoms with Gasteiger partial charge in [0.25, 0.3) is 0 Å². The molecule has 20 heavy (non-hydrogen) atoms. The highest BCUT2D eigenvalue weighted by molar-refractivity contribution is 6.29. The van der Waals surface area contributed by atoms with Crippen molar-refractivity contribution in [1.29, 1.82) is 0 Å². The minimum absolute atomic E-state index is 0.491. The van der Waals surface area contributed by atoms with E-state index in [-0.39, 0.29) is 0 Å². The molecular formula is C15H25ClN4.